The standard InChI is InChI=1S/C25H33ClN4O3/c1-25(2,3)33-24(32)29-12-9-20(10-13-29)30-11-5-8-22(30)23(31)28-16-14-27(15-17-28)21-7-4-6-19(26)18-21/h4-8,11,18,20H,9-10,12-17H2,1-3H3. The quantitative estimate of drug-likeness (QED) is 0.651. The summed E-state index contributed by atoms with van der Waals surface area (Å²) >= 11 is 6.13. The fraction of sp³-hybridized carbons (Fsp3) is 0.520. The molecule has 2 aromatic rings. The molecule has 2 aliphatic heterocycles. The lowest BCUT2D eigenvalue weighted by atomic mass is 10.0. The van der Waals surface area contributed by atoms with Gasteiger partial charge >= 0.3 is 6.09 Å². The van der Waals surface area contributed by atoms with Crippen LogP contribution in [0.3, 0.4) is 0 Å². The Bertz CT molecular complexity index is 984. The number of hydrogen-bond acceptors (Lipinski definition) is 4. The summed E-state index contributed by atoms with van der Waals surface area (Å²) in [4.78, 5) is 31.7. The van der Waals surface area contributed by atoms with E-state index in [-0.39, 0.29) is 18.0 Å². The monoisotopic (exact) mass is 472 g/mol. The molecule has 0 aliphatic carbocycles. The summed E-state index contributed by atoms with van der Waals surface area (Å²) in [6.07, 6.45) is 3.33. The molecule has 0 spiro atoms. The minimum atomic E-state index is -0.495. The van der Waals surface area contributed by atoms with Gasteiger partial charge in [0.2, 0.25) is 0 Å². The second kappa shape index (κ2) is 9.67. The van der Waals surface area contributed by atoms with E-state index in [0.717, 1.165) is 42.3 Å². The Labute approximate surface area is 200 Å². The Kier molecular flexibility index (Phi) is 6.88. The zero-order valence-electron chi connectivity index (χ0n) is 19.7. The zero-order chi connectivity index (χ0) is 23.6. The van der Waals surface area contributed by atoms with Crippen molar-refractivity contribution in [3.8, 4) is 0 Å². The number of carbonyl (C=O) groups excluding carboxylic acids is 2. The number of rotatable bonds is 3. The second-order valence-electron chi connectivity index (χ2n) is 9.76. The largest absolute Gasteiger partial charge is 0.444 e. The van der Waals surface area contributed by atoms with Gasteiger partial charge in [-0.15, -0.1) is 0 Å². The van der Waals surface area contributed by atoms with Crippen LogP contribution in [0, 0.1) is 0 Å². The molecule has 3 heterocycles. The van der Waals surface area contributed by atoms with Crippen molar-refractivity contribution in [2.75, 3.05) is 44.2 Å². The maximum absolute atomic E-state index is 13.3. The van der Waals surface area contributed by atoms with Crippen molar-refractivity contribution in [3.05, 3.63) is 53.3 Å². The summed E-state index contributed by atoms with van der Waals surface area (Å²) in [6.45, 7) is 9.80. The molecule has 2 aliphatic rings. The van der Waals surface area contributed by atoms with E-state index in [4.69, 9.17) is 16.3 Å². The van der Waals surface area contributed by atoms with Gasteiger partial charge in [0.1, 0.15) is 11.3 Å². The Morgan fingerprint density at radius 2 is 1.64 bits per heavy atom. The molecular weight excluding hydrogens is 440 g/mol. The highest BCUT2D eigenvalue weighted by molar-refractivity contribution is 6.30. The molecule has 2 fully saturated rings. The van der Waals surface area contributed by atoms with E-state index in [2.05, 4.69) is 15.5 Å². The Balaban J connectivity index is 1.34. The van der Waals surface area contributed by atoms with Gasteiger partial charge in [0.05, 0.1) is 0 Å². The van der Waals surface area contributed by atoms with E-state index in [1.54, 1.807) is 4.90 Å². The molecule has 1 aromatic heterocycles. The van der Waals surface area contributed by atoms with Crippen LogP contribution < -0.4 is 4.90 Å². The minimum absolute atomic E-state index is 0.0697. The predicted molar refractivity (Wildman–Crippen MR) is 130 cm³/mol. The number of piperidine rings is 1. The Morgan fingerprint density at radius 3 is 2.27 bits per heavy atom. The first-order valence-corrected chi connectivity index (χ1v) is 12.0. The summed E-state index contributed by atoms with van der Waals surface area (Å²) in [5.74, 6) is 0.0697. The van der Waals surface area contributed by atoms with E-state index in [0.29, 0.717) is 26.2 Å². The number of likely N-dealkylation sites (tertiary alicyclic amines) is 1. The van der Waals surface area contributed by atoms with Crippen LogP contribution in [-0.2, 0) is 4.74 Å². The number of ether oxygens (including phenoxy) is 1. The third-order valence-electron chi connectivity index (χ3n) is 6.25. The predicted octanol–water partition coefficient (Wildman–Crippen LogP) is 4.68. The van der Waals surface area contributed by atoms with Gasteiger partial charge in [-0.2, -0.15) is 0 Å². The number of anilines is 1. The van der Waals surface area contributed by atoms with Crippen LogP contribution in [0.25, 0.3) is 0 Å². The average Bonchev–Trinajstić information content (AvgIpc) is 3.28. The second-order valence-corrected chi connectivity index (χ2v) is 10.2. The fourth-order valence-corrected chi connectivity index (χ4v) is 4.73. The molecule has 0 saturated carbocycles. The molecule has 0 N–H and O–H groups in total. The van der Waals surface area contributed by atoms with Crippen LogP contribution in [0.5, 0.6) is 0 Å². The van der Waals surface area contributed by atoms with Crippen LogP contribution in [-0.4, -0.2) is 71.2 Å². The number of benzene rings is 1. The SMILES string of the molecule is CC(C)(C)OC(=O)N1CCC(n2cccc2C(=O)N2CCN(c3cccc(Cl)c3)CC2)CC1. The van der Waals surface area contributed by atoms with Gasteiger partial charge in [0.25, 0.3) is 5.91 Å². The molecule has 0 unspecified atom stereocenters. The van der Waals surface area contributed by atoms with Crippen molar-refractivity contribution >= 4 is 29.3 Å². The van der Waals surface area contributed by atoms with Crippen molar-refractivity contribution in [3.63, 3.8) is 0 Å². The summed E-state index contributed by atoms with van der Waals surface area (Å²) in [5.41, 5.74) is 1.32. The lowest BCUT2D eigenvalue weighted by Gasteiger charge is -2.37. The number of aromatic nitrogens is 1. The summed E-state index contributed by atoms with van der Waals surface area (Å²) in [5, 5.41) is 0.724. The van der Waals surface area contributed by atoms with Crippen LogP contribution in [0.2, 0.25) is 5.02 Å². The van der Waals surface area contributed by atoms with E-state index >= 15 is 0 Å². The number of piperazine rings is 1. The number of nitrogens with zero attached hydrogens (tertiary/aromatic N) is 4. The van der Waals surface area contributed by atoms with Crippen LogP contribution >= 0.6 is 11.6 Å². The number of halogens is 1. The Hall–Kier alpha value is -2.67. The number of carbonyl (C=O) groups is 2. The van der Waals surface area contributed by atoms with Crippen LogP contribution in [0.15, 0.2) is 42.6 Å². The normalized spacial score (nSPS) is 17.9. The molecule has 2 saturated heterocycles. The van der Waals surface area contributed by atoms with Gasteiger partial charge in [0, 0.05) is 62.2 Å². The lowest BCUT2D eigenvalue weighted by Crippen LogP contribution is -2.49. The molecule has 4 rings (SSSR count). The average molecular weight is 473 g/mol. The van der Waals surface area contributed by atoms with E-state index in [1.165, 1.54) is 0 Å². The van der Waals surface area contributed by atoms with Crippen molar-refractivity contribution in [1.82, 2.24) is 14.4 Å². The summed E-state index contributed by atoms with van der Waals surface area (Å²) in [7, 11) is 0. The number of hydrogen-bond donors (Lipinski definition) is 0. The molecule has 8 heteroatoms. The third kappa shape index (κ3) is 5.64. The molecule has 0 atom stereocenters. The summed E-state index contributed by atoms with van der Waals surface area (Å²) in [6, 6.07) is 11.9. The van der Waals surface area contributed by atoms with Crippen molar-refractivity contribution < 1.29 is 14.3 Å². The highest BCUT2D eigenvalue weighted by Crippen LogP contribution is 2.27. The molecule has 1 aromatic carbocycles. The highest BCUT2D eigenvalue weighted by Gasteiger charge is 2.30. The molecule has 0 radical (unpaired) electrons. The van der Waals surface area contributed by atoms with Crippen molar-refractivity contribution in [1.29, 1.82) is 0 Å². The van der Waals surface area contributed by atoms with E-state index in [1.807, 2.05) is 62.2 Å². The van der Waals surface area contributed by atoms with Gasteiger partial charge in [-0.25, -0.2) is 4.79 Å². The first-order chi connectivity index (χ1) is 15.7. The first-order valence-electron chi connectivity index (χ1n) is 11.7. The first kappa shape index (κ1) is 23.5. The summed E-state index contributed by atoms with van der Waals surface area (Å²) < 4.78 is 7.60. The molecule has 178 valence electrons. The molecule has 33 heavy (non-hydrogen) atoms. The zero-order valence-corrected chi connectivity index (χ0v) is 20.4. The van der Waals surface area contributed by atoms with Crippen LogP contribution in [0.1, 0.15) is 50.1 Å². The van der Waals surface area contributed by atoms with Gasteiger partial charge in [0.15, 0.2) is 0 Å². The van der Waals surface area contributed by atoms with Crippen molar-refractivity contribution in [2.24, 2.45) is 0 Å². The topological polar surface area (TPSA) is 58.0 Å². The maximum Gasteiger partial charge on any atom is 0.410 e. The van der Waals surface area contributed by atoms with Gasteiger partial charge in [-0.1, -0.05) is 17.7 Å². The number of amides is 2. The van der Waals surface area contributed by atoms with E-state index in [9.17, 15) is 9.59 Å². The highest BCUT2D eigenvalue weighted by atomic mass is 35.5. The van der Waals surface area contributed by atoms with Crippen molar-refractivity contribution in [2.45, 2.75) is 45.3 Å². The third-order valence-corrected chi connectivity index (χ3v) is 6.48. The molecule has 0 bridgehead atoms. The van der Waals surface area contributed by atoms with Gasteiger partial charge < -0.3 is 24.0 Å². The van der Waals surface area contributed by atoms with Gasteiger partial charge in [-0.05, 0) is 63.9 Å². The molecular formula is C25H33ClN4O3. The fourth-order valence-electron chi connectivity index (χ4n) is 4.55. The molecule has 2 amide bonds. The minimum Gasteiger partial charge on any atom is -0.444 e. The Morgan fingerprint density at radius 1 is 0.939 bits per heavy atom. The van der Waals surface area contributed by atoms with Gasteiger partial charge in [-0.3, -0.25) is 4.79 Å². The van der Waals surface area contributed by atoms with E-state index < -0.39 is 5.60 Å². The van der Waals surface area contributed by atoms with Crippen LogP contribution in [0.4, 0.5) is 10.5 Å². The maximum atomic E-state index is 13.3. The molecule has 7 nitrogen and oxygen atoms in total. The lowest BCUT2D eigenvalue weighted by molar-refractivity contribution is 0.0186. The smallest absolute Gasteiger partial charge is 0.410 e.